The molecular weight excluding hydrogens is 347 g/mol. The van der Waals surface area contributed by atoms with E-state index < -0.39 is 23.3 Å². The smallest absolute Gasteiger partial charge is 0.434 e. The number of benzene rings is 2. The van der Waals surface area contributed by atoms with Gasteiger partial charge in [-0.25, -0.2) is 4.68 Å². The van der Waals surface area contributed by atoms with Crippen molar-refractivity contribution >= 4 is 11.6 Å². The van der Waals surface area contributed by atoms with E-state index in [4.69, 9.17) is 4.74 Å². The Hall–Kier alpha value is -3.29. The lowest BCUT2D eigenvalue weighted by atomic mass is 10.2. The third kappa shape index (κ3) is 3.39. The van der Waals surface area contributed by atoms with Crippen LogP contribution in [-0.4, -0.2) is 22.8 Å². The number of amides is 1. The average Bonchev–Trinajstić information content (AvgIpc) is 3.08. The lowest BCUT2D eigenvalue weighted by molar-refractivity contribution is -0.143. The molecule has 1 N–H and O–H groups in total. The largest absolute Gasteiger partial charge is 0.495 e. The van der Waals surface area contributed by atoms with E-state index in [2.05, 4.69) is 10.4 Å². The summed E-state index contributed by atoms with van der Waals surface area (Å²) in [5.41, 5.74) is -1.25. The molecule has 0 fully saturated rings. The minimum atomic E-state index is -4.76. The van der Waals surface area contributed by atoms with Crippen LogP contribution in [0.5, 0.6) is 5.75 Å². The number of nitrogens with zero attached hydrogens (tertiary/aromatic N) is 2. The Morgan fingerprint density at radius 2 is 1.73 bits per heavy atom. The monoisotopic (exact) mass is 361 g/mol. The number of hydrogen-bond acceptors (Lipinski definition) is 3. The number of para-hydroxylation sites is 3. The maximum absolute atomic E-state index is 13.6. The van der Waals surface area contributed by atoms with Crippen LogP contribution in [0.3, 0.4) is 0 Å². The molecule has 0 aliphatic carbocycles. The first-order valence-corrected chi connectivity index (χ1v) is 7.57. The Labute approximate surface area is 147 Å². The number of hydrogen-bond donors (Lipinski definition) is 1. The van der Waals surface area contributed by atoms with E-state index in [-0.39, 0.29) is 11.4 Å². The molecule has 1 aromatic heterocycles. The lowest BCUT2D eigenvalue weighted by Gasteiger charge is -2.13. The van der Waals surface area contributed by atoms with Gasteiger partial charge in [-0.2, -0.15) is 18.3 Å². The second-order valence-corrected chi connectivity index (χ2v) is 5.31. The van der Waals surface area contributed by atoms with Crippen LogP contribution in [0.2, 0.25) is 0 Å². The van der Waals surface area contributed by atoms with E-state index >= 15 is 0 Å². The predicted octanol–water partition coefficient (Wildman–Crippen LogP) is 4.15. The van der Waals surface area contributed by atoms with Gasteiger partial charge in [-0.05, 0) is 24.3 Å². The number of carbonyl (C=O) groups excluding carboxylic acids is 1. The van der Waals surface area contributed by atoms with Gasteiger partial charge in [0, 0.05) is 0 Å². The number of methoxy groups -OCH3 is 1. The maximum Gasteiger partial charge on any atom is 0.434 e. The van der Waals surface area contributed by atoms with Gasteiger partial charge in [0.05, 0.1) is 30.2 Å². The number of ether oxygens (including phenoxy) is 1. The highest BCUT2D eigenvalue weighted by molar-refractivity contribution is 6.05. The van der Waals surface area contributed by atoms with Crippen molar-refractivity contribution in [1.82, 2.24) is 9.78 Å². The first-order valence-electron chi connectivity index (χ1n) is 7.57. The fourth-order valence-electron chi connectivity index (χ4n) is 2.49. The van der Waals surface area contributed by atoms with Crippen molar-refractivity contribution in [3.8, 4) is 11.4 Å². The summed E-state index contributed by atoms with van der Waals surface area (Å²) in [5.74, 6) is -0.589. The van der Waals surface area contributed by atoms with Crippen LogP contribution < -0.4 is 10.1 Å². The zero-order valence-corrected chi connectivity index (χ0v) is 13.6. The van der Waals surface area contributed by atoms with Crippen LogP contribution in [0.25, 0.3) is 5.69 Å². The molecule has 8 heteroatoms. The zero-order chi connectivity index (χ0) is 18.7. The molecule has 2 aromatic carbocycles. The minimum absolute atomic E-state index is 0.205. The van der Waals surface area contributed by atoms with Crippen LogP contribution >= 0.6 is 0 Å². The van der Waals surface area contributed by atoms with E-state index in [0.717, 1.165) is 6.20 Å². The van der Waals surface area contributed by atoms with Crippen molar-refractivity contribution in [2.24, 2.45) is 0 Å². The molecule has 0 unspecified atom stereocenters. The zero-order valence-electron chi connectivity index (χ0n) is 13.6. The van der Waals surface area contributed by atoms with Crippen LogP contribution in [0.15, 0.2) is 60.8 Å². The topological polar surface area (TPSA) is 56.1 Å². The molecule has 0 aliphatic rings. The highest BCUT2D eigenvalue weighted by Crippen LogP contribution is 2.34. The van der Waals surface area contributed by atoms with Crippen LogP contribution in [-0.2, 0) is 6.18 Å². The molecule has 3 rings (SSSR count). The van der Waals surface area contributed by atoms with Crippen molar-refractivity contribution in [2.45, 2.75) is 6.18 Å². The fraction of sp³-hybridized carbons (Fsp3) is 0.111. The van der Waals surface area contributed by atoms with Crippen molar-refractivity contribution in [3.63, 3.8) is 0 Å². The molecule has 1 heterocycles. The van der Waals surface area contributed by atoms with Gasteiger partial charge in [-0.3, -0.25) is 4.79 Å². The fourth-order valence-corrected chi connectivity index (χ4v) is 2.49. The highest BCUT2D eigenvalue weighted by Gasteiger charge is 2.40. The predicted molar refractivity (Wildman–Crippen MR) is 89.5 cm³/mol. The summed E-state index contributed by atoms with van der Waals surface area (Å²) < 4.78 is 46.6. The van der Waals surface area contributed by atoms with E-state index in [9.17, 15) is 18.0 Å². The third-order valence-electron chi connectivity index (χ3n) is 3.64. The normalized spacial score (nSPS) is 11.2. The first kappa shape index (κ1) is 17.5. The lowest BCUT2D eigenvalue weighted by Crippen LogP contribution is -2.20. The highest BCUT2D eigenvalue weighted by atomic mass is 19.4. The Kier molecular flexibility index (Phi) is 4.66. The molecule has 0 bridgehead atoms. The summed E-state index contributed by atoms with van der Waals surface area (Å²) in [4.78, 5) is 12.5. The quantitative estimate of drug-likeness (QED) is 0.759. The van der Waals surface area contributed by atoms with E-state index in [0.29, 0.717) is 10.4 Å². The van der Waals surface area contributed by atoms with Crippen molar-refractivity contribution in [3.05, 3.63) is 72.1 Å². The van der Waals surface area contributed by atoms with Gasteiger partial charge in [-0.1, -0.05) is 30.3 Å². The van der Waals surface area contributed by atoms with E-state index in [1.165, 1.54) is 25.3 Å². The van der Waals surface area contributed by atoms with Gasteiger partial charge in [0.15, 0.2) is 5.69 Å². The Bertz CT molecular complexity index is 921. The summed E-state index contributed by atoms with van der Waals surface area (Å²) in [7, 11) is 1.40. The molecule has 0 aliphatic heterocycles. The molecule has 5 nitrogen and oxygen atoms in total. The molecule has 3 aromatic rings. The third-order valence-corrected chi connectivity index (χ3v) is 3.64. The number of anilines is 1. The van der Waals surface area contributed by atoms with Gasteiger partial charge in [0.1, 0.15) is 5.75 Å². The molecule has 0 spiro atoms. The number of aromatic nitrogens is 2. The standard InChI is InChI=1S/C18H14F3N3O2/c1-26-15-10-6-5-9-14(15)23-17(25)13-11-22-24(16(13)18(19,20)21)12-7-3-2-4-8-12/h2-11H,1H3,(H,23,25). The molecule has 1 amide bonds. The molecular formula is C18H14F3N3O2. The van der Waals surface area contributed by atoms with Crippen LogP contribution in [0, 0.1) is 0 Å². The van der Waals surface area contributed by atoms with Gasteiger partial charge >= 0.3 is 6.18 Å². The summed E-state index contributed by atoms with van der Waals surface area (Å²) in [6.45, 7) is 0. The number of halogens is 3. The van der Waals surface area contributed by atoms with E-state index in [1.54, 1.807) is 36.4 Å². The number of rotatable bonds is 4. The Balaban J connectivity index is 2.02. The van der Waals surface area contributed by atoms with Gasteiger partial charge < -0.3 is 10.1 Å². The Morgan fingerprint density at radius 3 is 2.38 bits per heavy atom. The average molecular weight is 361 g/mol. The number of nitrogens with one attached hydrogen (secondary N) is 1. The van der Waals surface area contributed by atoms with Crippen molar-refractivity contribution < 1.29 is 22.7 Å². The van der Waals surface area contributed by atoms with Gasteiger partial charge in [0.25, 0.3) is 5.91 Å². The van der Waals surface area contributed by atoms with Crippen LogP contribution in [0.1, 0.15) is 16.1 Å². The second kappa shape index (κ2) is 6.91. The minimum Gasteiger partial charge on any atom is -0.495 e. The summed E-state index contributed by atoms with van der Waals surface area (Å²) >= 11 is 0. The summed E-state index contributed by atoms with van der Waals surface area (Å²) in [5, 5.41) is 6.20. The molecule has 0 atom stereocenters. The van der Waals surface area contributed by atoms with Crippen molar-refractivity contribution in [2.75, 3.05) is 12.4 Å². The van der Waals surface area contributed by atoms with Gasteiger partial charge in [0.2, 0.25) is 0 Å². The number of alkyl halides is 3. The molecule has 0 saturated heterocycles. The van der Waals surface area contributed by atoms with E-state index in [1.807, 2.05) is 0 Å². The second-order valence-electron chi connectivity index (χ2n) is 5.31. The summed E-state index contributed by atoms with van der Waals surface area (Å²) in [6, 6.07) is 14.2. The van der Waals surface area contributed by atoms with Gasteiger partial charge in [-0.15, -0.1) is 0 Å². The number of carbonyl (C=O) groups is 1. The SMILES string of the molecule is COc1ccccc1NC(=O)c1cnn(-c2ccccc2)c1C(F)(F)F. The Morgan fingerprint density at radius 1 is 1.08 bits per heavy atom. The van der Waals surface area contributed by atoms with Crippen LogP contribution in [0.4, 0.5) is 18.9 Å². The maximum atomic E-state index is 13.6. The first-order chi connectivity index (χ1) is 12.4. The molecule has 0 radical (unpaired) electrons. The summed E-state index contributed by atoms with van der Waals surface area (Å²) in [6.07, 6.45) is -3.86. The van der Waals surface area contributed by atoms with Crippen molar-refractivity contribution in [1.29, 1.82) is 0 Å². The molecule has 134 valence electrons. The molecule has 26 heavy (non-hydrogen) atoms. The molecule has 0 saturated carbocycles.